The zero-order valence-corrected chi connectivity index (χ0v) is 16.2. The van der Waals surface area contributed by atoms with Gasteiger partial charge in [0.1, 0.15) is 0 Å². The number of hydrogen-bond acceptors (Lipinski definition) is 6. The Kier molecular flexibility index (Phi) is 6.63. The molecule has 0 saturated carbocycles. The molecule has 0 amide bonds. The van der Waals surface area contributed by atoms with Crippen LogP contribution in [0.4, 0.5) is 5.69 Å². The number of hydrogen-bond donors (Lipinski definition) is 0. The van der Waals surface area contributed by atoms with Crippen molar-refractivity contribution in [2.75, 3.05) is 37.8 Å². The van der Waals surface area contributed by atoms with Crippen LogP contribution in [0.15, 0.2) is 42.5 Å². The minimum absolute atomic E-state index is 0.296. The highest BCUT2D eigenvalue weighted by Gasteiger charge is 2.14. The fourth-order valence-corrected chi connectivity index (χ4v) is 3.21. The van der Waals surface area contributed by atoms with Crippen LogP contribution in [0.1, 0.15) is 23.6 Å². The van der Waals surface area contributed by atoms with Crippen molar-refractivity contribution in [1.82, 2.24) is 0 Å². The number of carbonyl (C=O) groups excluding carboxylic acids is 1. The van der Waals surface area contributed by atoms with Gasteiger partial charge in [0.15, 0.2) is 0 Å². The van der Waals surface area contributed by atoms with Gasteiger partial charge in [-0.15, -0.1) is 0 Å². The molecule has 0 radical (unpaired) electrons. The average Bonchev–Trinajstić information content (AvgIpc) is 2.78. The van der Waals surface area contributed by atoms with E-state index in [9.17, 15) is 15.3 Å². The van der Waals surface area contributed by atoms with E-state index in [0.717, 1.165) is 29.9 Å². The zero-order valence-electron chi connectivity index (χ0n) is 16.2. The Morgan fingerprint density at radius 2 is 1.90 bits per heavy atom. The molecule has 0 aliphatic carbocycles. The maximum atomic E-state index is 11.5. The number of nitrogens with zero attached hydrogens (tertiary/aromatic N) is 3. The number of ether oxygens (including phenoxy) is 2. The Morgan fingerprint density at radius 1 is 1.14 bits per heavy atom. The minimum Gasteiger partial charge on any atom is -0.463 e. The fraction of sp³-hybridized carbons (Fsp3) is 0.261. The normalized spacial score (nSPS) is 13.7. The van der Waals surface area contributed by atoms with Gasteiger partial charge in [-0.05, 0) is 47.9 Å². The molecule has 0 N–H and O–H groups in total. The molecule has 1 saturated heterocycles. The summed E-state index contributed by atoms with van der Waals surface area (Å²) in [6.45, 7) is 4.98. The quantitative estimate of drug-likeness (QED) is 0.576. The van der Waals surface area contributed by atoms with E-state index in [1.54, 1.807) is 25.1 Å². The lowest BCUT2D eigenvalue weighted by atomic mass is 9.95. The highest BCUT2D eigenvalue weighted by molar-refractivity contribution is 5.88. The fourth-order valence-electron chi connectivity index (χ4n) is 3.21. The smallest absolute Gasteiger partial charge is 0.330 e. The van der Waals surface area contributed by atoms with Gasteiger partial charge in [-0.1, -0.05) is 18.2 Å². The molecule has 0 aromatic heterocycles. The Bertz CT molecular complexity index is 1010. The van der Waals surface area contributed by atoms with Gasteiger partial charge in [0.2, 0.25) is 0 Å². The van der Waals surface area contributed by atoms with E-state index in [-0.39, 0.29) is 0 Å². The summed E-state index contributed by atoms with van der Waals surface area (Å²) >= 11 is 0. The lowest BCUT2D eigenvalue weighted by Gasteiger charge is -2.29. The molecule has 6 heteroatoms. The number of nitriles is 2. The summed E-state index contributed by atoms with van der Waals surface area (Å²) < 4.78 is 10.2. The average molecular weight is 387 g/mol. The molecule has 0 unspecified atom stereocenters. The van der Waals surface area contributed by atoms with E-state index < -0.39 is 5.97 Å². The molecule has 2 aromatic carbocycles. The topological polar surface area (TPSA) is 86.3 Å². The van der Waals surface area contributed by atoms with Crippen LogP contribution in [-0.2, 0) is 14.3 Å². The Hall–Kier alpha value is -3.61. The maximum absolute atomic E-state index is 11.5. The van der Waals surface area contributed by atoms with Crippen molar-refractivity contribution >= 4 is 17.7 Å². The van der Waals surface area contributed by atoms with Crippen LogP contribution >= 0.6 is 0 Å². The van der Waals surface area contributed by atoms with Crippen molar-refractivity contribution in [3.8, 4) is 23.3 Å². The molecule has 1 fully saturated rings. The maximum Gasteiger partial charge on any atom is 0.330 e. The predicted octanol–water partition coefficient (Wildman–Crippen LogP) is 3.51. The van der Waals surface area contributed by atoms with Gasteiger partial charge in [-0.25, -0.2) is 4.79 Å². The first kappa shape index (κ1) is 20.1. The van der Waals surface area contributed by atoms with Crippen molar-refractivity contribution in [1.29, 1.82) is 10.5 Å². The van der Waals surface area contributed by atoms with E-state index in [1.807, 2.05) is 24.3 Å². The van der Waals surface area contributed by atoms with Crippen molar-refractivity contribution in [2.24, 2.45) is 0 Å². The van der Waals surface area contributed by atoms with Gasteiger partial charge >= 0.3 is 5.97 Å². The number of anilines is 1. The molecule has 0 atom stereocenters. The Labute approximate surface area is 170 Å². The first-order valence-corrected chi connectivity index (χ1v) is 9.42. The van der Waals surface area contributed by atoms with Crippen molar-refractivity contribution in [3.05, 3.63) is 59.2 Å². The molecule has 1 aliphatic heterocycles. The lowest BCUT2D eigenvalue weighted by molar-refractivity contribution is -0.137. The third kappa shape index (κ3) is 4.82. The SMILES string of the molecule is CCOC(=O)/C=C/c1ccc(-c2ccc(N3CCOCC3)cc2C#N)cc1C#N. The summed E-state index contributed by atoms with van der Waals surface area (Å²) in [6, 6.07) is 15.5. The molecular weight excluding hydrogens is 366 g/mol. The monoisotopic (exact) mass is 387 g/mol. The number of benzene rings is 2. The molecule has 146 valence electrons. The summed E-state index contributed by atoms with van der Waals surface area (Å²) in [5.41, 5.74) is 4.12. The molecule has 0 bridgehead atoms. The third-order valence-corrected chi connectivity index (χ3v) is 4.67. The second-order valence-corrected chi connectivity index (χ2v) is 6.44. The van der Waals surface area contributed by atoms with E-state index in [2.05, 4.69) is 17.0 Å². The molecule has 29 heavy (non-hydrogen) atoms. The summed E-state index contributed by atoms with van der Waals surface area (Å²) in [4.78, 5) is 13.7. The van der Waals surface area contributed by atoms with Gasteiger partial charge in [0.05, 0.1) is 43.1 Å². The standard InChI is InChI=1S/C23H21N3O3/c1-2-29-23(27)8-5-17-3-4-18(13-19(17)15-24)22-7-6-21(14-20(22)16-25)26-9-11-28-12-10-26/h3-8,13-14H,2,9-12H2,1H3/b8-5+. The van der Waals surface area contributed by atoms with E-state index in [1.165, 1.54) is 6.08 Å². The van der Waals surface area contributed by atoms with Crippen molar-refractivity contribution < 1.29 is 14.3 Å². The Morgan fingerprint density at radius 3 is 2.59 bits per heavy atom. The van der Waals surface area contributed by atoms with Crippen molar-refractivity contribution in [2.45, 2.75) is 6.92 Å². The van der Waals surface area contributed by atoms with Gasteiger partial charge in [-0.2, -0.15) is 10.5 Å². The highest BCUT2D eigenvalue weighted by atomic mass is 16.5. The van der Waals surface area contributed by atoms with Gasteiger partial charge in [0.25, 0.3) is 0 Å². The molecule has 2 aromatic rings. The van der Waals surface area contributed by atoms with E-state index in [0.29, 0.717) is 36.5 Å². The number of carbonyl (C=O) groups is 1. The number of morpholine rings is 1. The van der Waals surface area contributed by atoms with Crippen LogP contribution in [0, 0.1) is 22.7 Å². The first-order chi connectivity index (χ1) is 14.2. The minimum atomic E-state index is -0.453. The van der Waals surface area contributed by atoms with E-state index >= 15 is 0 Å². The molecular formula is C23H21N3O3. The van der Waals surface area contributed by atoms with Crippen LogP contribution < -0.4 is 4.90 Å². The second kappa shape index (κ2) is 9.54. The largest absolute Gasteiger partial charge is 0.463 e. The van der Waals surface area contributed by atoms with Crippen LogP contribution in [0.5, 0.6) is 0 Å². The van der Waals surface area contributed by atoms with Gasteiger partial charge in [0, 0.05) is 24.9 Å². The van der Waals surface area contributed by atoms with E-state index in [4.69, 9.17) is 9.47 Å². The van der Waals surface area contributed by atoms with Crippen LogP contribution in [0.3, 0.4) is 0 Å². The second-order valence-electron chi connectivity index (χ2n) is 6.44. The molecule has 3 rings (SSSR count). The molecule has 1 aliphatic rings. The summed E-state index contributed by atoms with van der Waals surface area (Å²) in [6.07, 6.45) is 2.87. The highest BCUT2D eigenvalue weighted by Crippen LogP contribution is 2.29. The van der Waals surface area contributed by atoms with Gasteiger partial charge < -0.3 is 14.4 Å². The number of rotatable bonds is 5. The first-order valence-electron chi connectivity index (χ1n) is 9.42. The molecule has 6 nitrogen and oxygen atoms in total. The predicted molar refractivity (Wildman–Crippen MR) is 110 cm³/mol. The van der Waals surface area contributed by atoms with Crippen LogP contribution in [0.25, 0.3) is 17.2 Å². The van der Waals surface area contributed by atoms with Crippen LogP contribution in [0.2, 0.25) is 0 Å². The lowest BCUT2D eigenvalue weighted by Crippen LogP contribution is -2.36. The number of esters is 1. The van der Waals surface area contributed by atoms with Crippen molar-refractivity contribution in [3.63, 3.8) is 0 Å². The molecule has 0 spiro atoms. The summed E-state index contributed by atoms with van der Waals surface area (Å²) in [5, 5.41) is 19.2. The zero-order chi connectivity index (χ0) is 20.6. The summed E-state index contributed by atoms with van der Waals surface area (Å²) in [5.74, 6) is -0.453. The van der Waals surface area contributed by atoms with Crippen LogP contribution in [-0.4, -0.2) is 38.9 Å². The third-order valence-electron chi connectivity index (χ3n) is 4.67. The van der Waals surface area contributed by atoms with Gasteiger partial charge in [-0.3, -0.25) is 0 Å². The Balaban J connectivity index is 1.91. The molecule has 1 heterocycles. The summed E-state index contributed by atoms with van der Waals surface area (Å²) in [7, 11) is 0.